The van der Waals surface area contributed by atoms with E-state index in [-0.39, 0.29) is 12.2 Å². The first-order valence-electron chi connectivity index (χ1n) is 13.5. The zero-order valence-corrected chi connectivity index (χ0v) is 29.8. The van der Waals surface area contributed by atoms with Crippen LogP contribution >= 0.6 is 79.5 Å². The van der Waals surface area contributed by atoms with Gasteiger partial charge >= 0.3 is 5.97 Å². The second-order valence-electron chi connectivity index (χ2n) is 9.68. The van der Waals surface area contributed by atoms with Crippen LogP contribution in [0.3, 0.4) is 0 Å². The van der Waals surface area contributed by atoms with E-state index in [9.17, 15) is 9.59 Å². The van der Waals surface area contributed by atoms with E-state index in [1.165, 1.54) is 22.7 Å². The second-order valence-corrected chi connectivity index (χ2v) is 14.4. The fraction of sp³-hybridized carbons (Fsp3) is 0.121. The maximum atomic E-state index is 14.1. The number of carbonyl (C=O) groups is 1. The van der Waals surface area contributed by atoms with Gasteiger partial charge in [-0.3, -0.25) is 9.36 Å². The van der Waals surface area contributed by atoms with E-state index < -0.39 is 12.0 Å². The van der Waals surface area contributed by atoms with Gasteiger partial charge in [-0.2, -0.15) is 0 Å². The molecule has 222 valence electrons. The molecule has 0 unspecified atom stereocenters. The number of nitrogens with zero attached hydrogens (tertiary/aromatic N) is 2. The van der Waals surface area contributed by atoms with Gasteiger partial charge < -0.3 is 9.47 Å². The molecule has 5 aromatic rings. The molecule has 1 atom stereocenters. The lowest BCUT2D eigenvalue weighted by Gasteiger charge is -2.24. The van der Waals surface area contributed by atoms with Crippen molar-refractivity contribution in [1.82, 2.24) is 4.57 Å². The molecular formula is C33H23ClI2N2O4S2. The predicted octanol–water partition coefficient (Wildman–Crippen LogP) is 7.44. The van der Waals surface area contributed by atoms with E-state index >= 15 is 0 Å². The summed E-state index contributed by atoms with van der Waals surface area (Å²) in [6, 6.07) is 24.3. The predicted molar refractivity (Wildman–Crippen MR) is 193 cm³/mol. The average Bonchev–Trinajstić information content (AvgIpc) is 3.65. The maximum absolute atomic E-state index is 14.1. The Kier molecular flexibility index (Phi) is 9.71. The van der Waals surface area contributed by atoms with Crippen LogP contribution in [0.2, 0.25) is 5.02 Å². The van der Waals surface area contributed by atoms with Crippen molar-refractivity contribution in [3.8, 4) is 5.75 Å². The van der Waals surface area contributed by atoms with Crippen molar-refractivity contribution < 1.29 is 14.3 Å². The molecule has 0 spiro atoms. The van der Waals surface area contributed by atoms with Gasteiger partial charge in [-0.05, 0) is 105 Å². The number of rotatable bonds is 8. The summed E-state index contributed by atoms with van der Waals surface area (Å²) in [4.78, 5) is 33.9. The highest BCUT2D eigenvalue weighted by molar-refractivity contribution is 14.1. The third kappa shape index (κ3) is 6.45. The van der Waals surface area contributed by atoms with Crippen LogP contribution in [0.5, 0.6) is 5.75 Å². The Bertz CT molecular complexity index is 2050. The normalized spacial score (nSPS) is 14.7. The molecule has 0 bridgehead atoms. The van der Waals surface area contributed by atoms with E-state index in [4.69, 9.17) is 26.1 Å². The van der Waals surface area contributed by atoms with E-state index in [2.05, 4.69) is 45.2 Å². The van der Waals surface area contributed by atoms with Gasteiger partial charge in [-0.1, -0.05) is 71.5 Å². The Hall–Kier alpha value is -2.78. The van der Waals surface area contributed by atoms with Gasteiger partial charge in [-0.25, -0.2) is 9.79 Å². The lowest BCUT2D eigenvalue weighted by molar-refractivity contribution is -0.138. The molecule has 3 aromatic carbocycles. The van der Waals surface area contributed by atoms with Crippen LogP contribution in [0.15, 0.2) is 99.6 Å². The van der Waals surface area contributed by atoms with E-state index in [1.807, 2.05) is 90.3 Å². The second kappa shape index (κ2) is 13.7. The molecule has 3 heterocycles. The minimum absolute atomic E-state index is 0.210. The van der Waals surface area contributed by atoms with Crippen molar-refractivity contribution in [2.24, 2.45) is 4.99 Å². The van der Waals surface area contributed by atoms with Crippen molar-refractivity contribution in [3.63, 3.8) is 0 Å². The zero-order valence-electron chi connectivity index (χ0n) is 23.1. The largest absolute Gasteiger partial charge is 0.487 e. The molecule has 2 aromatic heterocycles. The number of fused-ring (bicyclic) bond motifs is 1. The number of esters is 1. The quantitative estimate of drug-likeness (QED) is 0.120. The summed E-state index contributed by atoms with van der Waals surface area (Å²) in [7, 11) is 0. The van der Waals surface area contributed by atoms with Crippen molar-refractivity contribution >= 4 is 97.2 Å². The topological polar surface area (TPSA) is 69.9 Å². The summed E-state index contributed by atoms with van der Waals surface area (Å²) < 4.78 is 15.7. The van der Waals surface area contributed by atoms with Crippen molar-refractivity contribution in [3.05, 3.63) is 143 Å². The molecule has 1 aliphatic heterocycles. The van der Waals surface area contributed by atoms with Crippen molar-refractivity contribution in [2.45, 2.75) is 19.6 Å². The Balaban J connectivity index is 1.45. The van der Waals surface area contributed by atoms with Gasteiger partial charge in [-0.15, -0.1) is 11.3 Å². The van der Waals surface area contributed by atoms with Gasteiger partial charge in [0.1, 0.15) is 18.4 Å². The highest BCUT2D eigenvalue weighted by atomic mass is 127. The Morgan fingerprint density at radius 3 is 2.50 bits per heavy atom. The van der Waals surface area contributed by atoms with Crippen LogP contribution in [0.4, 0.5) is 0 Å². The molecule has 1 aliphatic rings. The fourth-order valence-electron chi connectivity index (χ4n) is 4.89. The first-order valence-corrected chi connectivity index (χ1v) is 17.8. The Labute approximate surface area is 293 Å². The lowest BCUT2D eigenvalue weighted by atomic mass is 9.97. The van der Waals surface area contributed by atoms with E-state index in [0.717, 1.165) is 34.5 Å². The number of carbonyl (C=O) groups excluding carboxylic acids is 1. The van der Waals surface area contributed by atoms with Gasteiger partial charge in [0.05, 0.1) is 29.5 Å². The number of thiophene rings is 1. The summed E-state index contributed by atoms with van der Waals surface area (Å²) in [5, 5.41) is 2.61. The molecule has 0 amide bonds. The standard InChI is InChI=1S/C33H23ClI2N2O4S2/c1-2-41-32(40)27-28(21-9-4-3-5-10-21)37-33-38(29(27)25-12-7-13-43-25)31(39)26(44-33)17-20-15-23(35)30(24(36)16-20)42-18-19-8-6-11-22(34)14-19/h3-17,29H,2,18H2,1H3/b26-17-/t29-/m1/s1. The third-order valence-corrected chi connectivity index (χ3v) is 10.5. The highest BCUT2D eigenvalue weighted by Gasteiger charge is 2.35. The number of ether oxygens (including phenoxy) is 2. The van der Waals surface area contributed by atoms with Crippen molar-refractivity contribution in [2.75, 3.05) is 6.61 Å². The van der Waals surface area contributed by atoms with E-state index in [0.29, 0.717) is 32.2 Å². The Morgan fingerprint density at radius 1 is 1.05 bits per heavy atom. The minimum Gasteiger partial charge on any atom is -0.487 e. The summed E-state index contributed by atoms with van der Waals surface area (Å²) >= 11 is 13.4. The van der Waals surface area contributed by atoms with Crippen LogP contribution in [0, 0.1) is 7.14 Å². The Morgan fingerprint density at radius 2 is 1.82 bits per heavy atom. The molecule has 44 heavy (non-hydrogen) atoms. The fourth-order valence-corrected chi connectivity index (χ4v) is 9.06. The zero-order chi connectivity index (χ0) is 30.8. The third-order valence-electron chi connectivity index (χ3n) is 6.78. The number of aromatic nitrogens is 1. The number of hydrogen-bond donors (Lipinski definition) is 0. The molecule has 0 N–H and O–H groups in total. The molecule has 6 nitrogen and oxygen atoms in total. The molecule has 6 rings (SSSR count). The first-order chi connectivity index (χ1) is 21.3. The molecule has 0 fully saturated rings. The first kappa shape index (κ1) is 31.2. The van der Waals surface area contributed by atoms with Crippen LogP contribution in [-0.4, -0.2) is 17.1 Å². The summed E-state index contributed by atoms with van der Waals surface area (Å²) in [5.74, 6) is 0.286. The smallest absolute Gasteiger partial charge is 0.338 e. The average molecular weight is 865 g/mol. The van der Waals surface area contributed by atoms with Gasteiger partial charge in [0.2, 0.25) is 0 Å². The molecule has 0 aliphatic carbocycles. The van der Waals surface area contributed by atoms with Crippen LogP contribution in [0.25, 0.3) is 11.8 Å². The molecule has 0 radical (unpaired) electrons. The highest BCUT2D eigenvalue weighted by Crippen LogP contribution is 2.37. The summed E-state index contributed by atoms with van der Waals surface area (Å²) in [6.45, 7) is 2.37. The molecule has 0 saturated heterocycles. The van der Waals surface area contributed by atoms with Gasteiger partial charge in [0.15, 0.2) is 4.80 Å². The lowest BCUT2D eigenvalue weighted by Crippen LogP contribution is -2.39. The monoisotopic (exact) mass is 864 g/mol. The minimum atomic E-state index is -0.662. The van der Waals surface area contributed by atoms with Gasteiger partial charge in [0, 0.05) is 15.5 Å². The van der Waals surface area contributed by atoms with Crippen LogP contribution in [-0.2, 0) is 16.1 Å². The molecule has 11 heteroatoms. The molecule has 0 saturated carbocycles. The number of hydrogen-bond acceptors (Lipinski definition) is 7. The number of thiazole rings is 1. The summed E-state index contributed by atoms with van der Waals surface area (Å²) in [5.41, 5.74) is 3.27. The number of benzene rings is 3. The maximum Gasteiger partial charge on any atom is 0.338 e. The van der Waals surface area contributed by atoms with Gasteiger partial charge in [0.25, 0.3) is 5.56 Å². The molecular weight excluding hydrogens is 842 g/mol. The van der Waals surface area contributed by atoms with Crippen LogP contribution in [0.1, 0.15) is 34.5 Å². The summed E-state index contributed by atoms with van der Waals surface area (Å²) in [6.07, 6.45) is 1.87. The van der Waals surface area contributed by atoms with Crippen molar-refractivity contribution in [1.29, 1.82) is 0 Å². The van der Waals surface area contributed by atoms with Crippen LogP contribution < -0.4 is 19.6 Å². The van der Waals surface area contributed by atoms with E-state index in [1.54, 1.807) is 11.5 Å². The SMILES string of the molecule is CCOC(=O)C1=C(c2ccccc2)N=c2s/c(=C\c3cc(I)c(OCc4cccc(Cl)c4)c(I)c3)c(=O)n2[C@@H]1c1cccs1. The number of halogens is 3.